The van der Waals surface area contributed by atoms with Gasteiger partial charge in [0.15, 0.2) is 5.65 Å². The van der Waals surface area contributed by atoms with E-state index in [4.69, 9.17) is 17.3 Å². The molecule has 0 atom stereocenters. The van der Waals surface area contributed by atoms with Gasteiger partial charge in [-0.2, -0.15) is 0 Å². The van der Waals surface area contributed by atoms with Crippen LogP contribution in [-0.2, 0) is 0 Å². The maximum Gasteiger partial charge on any atom is 0.260 e. The first kappa shape index (κ1) is 8.00. The maximum absolute atomic E-state index is 11.2. The van der Waals surface area contributed by atoms with E-state index in [9.17, 15) is 4.79 Å². The minimum absolute atomic E-state index is 0.173. The number of aromatic amines is 1. The van der Waals surface area contributed by atoms with Gasteiger partial charge in [0.05, 0.1) is 16.7 Å². The van der Waals surface area contributed by atoms with Crippen molar-refractivity contribution < 1.29 is 0 Å². The van der Waals surface area contributed by atoms with Crippen LogP contribution < -0.4 is 11.3 Å². The number of hydrogen-bond donors (Lipinski definition) is 2. The fourth-order valence-corrected chi connectivity index (χ4v) is 1.14. The first-order valence-corrected chi connectivity index (χ1v) is 3.85. The number of nitrogens with zero attached hydrogens (tertiary/aromatic N) is 2. The van der Waals surface area contributed by atoms with E-state index < -0.39 is 0 Å². The second kappa shape index (κ2) is 2.70. The summed E-state index contributed by atoms with van der Waals surface area (Å²) in [6, 6.07) is 1.45. The van der Waals surface area contributed by atoms with Crippen LogP contribution in [0.4, 0.5) is 5.82 Å². The van der Waals surface area contributed by atoms with Crippen molar-refractivity contribution in [3.8, 4) is 0 Å². The molecule has 3 N–H and O–H groups in total. The second-order valence-electron chi connectivity index (χ2n) is 2.46. The van der Waals surface area contributed by atoms with Crippen LogP contribution in [0.5, 0.6) is 0 Å². The van der Waals surface area contributed by atoms with E-state index in [1.165, 1.54) is 12.4 Å². The number of rotatable bonds is 0. The molecule has 2 aromatic rings. The van der Waals surface area contributed by atoms with Crippen molar-refractivity contribution in [1.29, 1.82) is 0 Å². The van der Waals surface area contributed by atoms with Gasteiger partial charge in [0.2, 0.25) is 0 Å². The molecule has 0 fully saturated rings. The predicted molar refractivity (Wildman–Crippen MR) is 49.6 cm³/mol. The third-order valence-electron chi connectivity index (χ3n) is 1.61. The highest BCUT2D eigenvalue weighted by molar-refractivity contribution is 6.33. The normalized spacial score (nSPS) is 10.5. The summed E-state index contributed by atoms with van der Waals surface area (Å²) in [6.07, 6.45) is 1.27. The summed E-state index contributed by atoms with van der Waals surface area (Å²) in [5.74, 6) is 0.173. The molecule has 0 unspecified atom stereocenters. The van der Waals surface area contributed by atoms with Gasteiger partial charge in [-0.05, 0) is 6.07 Å². The molecule has 0 bridgehead atoms. The number of pyridine rings is 1. The van der Waals surface area contributed by atoms with Crippen LogP contribution in [0.1, 0.15) is 0 Å². The van der Waals surface area contributed by atoms with Crippen molar-refractivity contribution in [2.45, 2.75) is 0 Å². The van der Waals surface area contributed by atoms with Gasteiger partial charge < -0.3 is 10.7 Å². The summed E-state index contributed by atoms with van der Waals surface area (Å²) in [7, 11) is 0. The van der Waals surface area contributed by atoms with Crippen LogP contribution in [0.2, 0.25) is 5.02 Å². The molecule has 0 radical (unpaired) electrons. The van der Waals surface area contributed by atoms with Crippen LogP contribution in [0, 0.1) is 0 Å². The number of nitrogens with one attached hydrogen (secondary N) is 1. The van der Waals surface area contributed by atoms with Gasteiger partial charge in [0.1, 0.15) is 5.82 Å². The largest absolute Gasteiger partial charge is 0.382 e. The number of nitrogen functional groups attached to an aromatic ring is 1. The average Bonchev–Trinajstić information content (AvgIpc) is 2.09. The van der Waals surface area contributed by atoms with Gasteiger partial charge in [-0.25, -0.2) is 9.97 Å². The van der Waals surface area contributed by atoms with E-state index in [-0.39, 0.29) is 16.4 Å². The number of fused-ring (bicyclic) bond motifs is 1. The molecular weight excluding hydrogens is 192 g/mol. The molecule has 0 saturated heterocycles. The van der Waals surface area contributed by atoms with Gasteiger partial charge in [-0.1, -0.05) is 11.6 Å². The molecular formula is C7H5ClN4O. The maximum atomic E-state index is 11.2. The first-order chi connectivity index (χ1) is 6.18. The molecule has 2 aromatic heterocycles. The SMILES string of the molecule is Nc1nc2nc[nH]c(=O)c2cc1Cl. The molecule has 0 saturated carbocycles. The smallest absolute Gasteiger partial charge is 0.260 e. The molecule has 2 rings (SSSR count). The number of halogens is 1. The summed E-state index contributed by atoms with van der Waals surface area (Å²) in [5, 5.41) is 0.590. The zero-order valence-electron chi connectivity index (χ0n) is 6.41. The van der Waals surface area contributed by atoms with E-state index >= 15 is 0 Å². The van der Waals surface area contributed by atoms with Gasteiger partial charge in [0, 0.05) is 0 Å². The topological polar surface area (TPSA) is 84.7 Å². The lowest BCUT2D eigenvalue weighted by Crippen LogP contribution is -2.08. The van der Waals surface area contributed by atoms with Crippen LogP contribution in [-0.4, -0.2) is 15.0 Å². The first-order valence-electron chi connectivity index (χ1n) is 3.48. The Hall–Kier alpha value is -1.62. The molecule has 0 aliphatic carbocycles. The van der Waals surface area contributed by atoms with E-state index in [1.54, 1.807) is 0 Å². The van der Waals surface area contributed by atoms with Crippen LogP contribution in [0.25, 0.3) is 11.0 Å². The Labute approximate surface area is 77.6 Å². The van der Waals surface area contributed by atoms with E-state index in [2.05, 4.69) is 15.0 Å². The van der Waals surface area contributed by atoms with Crippen LogP contribution >= 0.6 is 11.6 Å². The minimum atomic E-state index is -0.278. The highest BCUT2D eigenvalue weighted by Gasteiger charge is 2.04. The molecule has 2 heterocycles. The number of H-pyrrole nitrogens is 1. The standard InChI is InChI=1S/C7H5ClN4O/c8-4-1-3-6(12-5(4)9)10-2-11-7(3)13/h1-2H,(H3,9,10,11,12,13). The van der Waals surface area contributed by atoms with Crippen molar-refractivity contribution in [1.82, 2.24) is 15.0 Å². The van der Waals surface area contributed by atoms with Crippen molar-refractivity contribution in [3.63, 3.8) is 0 Å². The third-order valence-corrected chi connectivity index (χ3v) is 1.91. The number of hydrogen-bond acceptors (Lipinski definition) is 4. The molecule has 5 nitrogen and oxygen atoms in total. The fourth-order valence-electron chi connectivity index (χ4n) is 0.988. The monoisotopic (exact) mass is 196 g/mol. The number of anilines is 1. The van der Waals surface area contributed by atoms with Crippen molar-refractivity contribution in [2.75, 3.05) is 5.73 Å². The molecule has 66 valence electrons. The molecule has 6 heteroatoms. The minimum Gasteiger partial charge on any atom is -0.382 e. The quantitative estimate of drug-likeness (QED) is 0.645. The zero-order valence-corrected chi connectivity index (χ0v) is 7.17. The van der Waals surface area contributed by atoms with Crippen molar-refractivity contribution in [3.05, 3.63) is 27.8 Å². The lowest BCUT2D eigenvalue weighted by atomic mass is 10.3. The Bertz CT molecular complexity index is 521. The summed E-state index contributed by atoms with van der Waals surface area (Å²) in [5.41, 5.74) is 5.46. The highest BCUT2D eigenvalue weighted by Crippen LogP contribution is 2.18. The molecule has 0 aliphatic rings. The number of nitrogens with two attached hydrogens (primary N) is 1. The Morgan fingerprint density at radius 3 is 3.08 bits per heavy atom. The molecule has 13 heavy (non-hydrogen) atoms. The van der Waals surface area contributed by atoms with Gasteiger partial charge in [0.25, 0.3) is 5.56 Å². The third kappa shape index (κ3) is 1.23. The lowest BCUT2D eigenvalue weighted by Gasteiger charge is -1.98. The van der Waals surface area contributed by atoms with Crippen molar-refractivity contribution in [2.24, 2.45) is 0 Å². The fraction of sp³-hybridized carbons (Fsp3) is 0. The van der Waals surface area contributed by atoms with Gasteiger partial charge >= 0.3 is 0 Å². The van der Waals surface area contributed by atoms with Crippen LogP contribution in [0.3, 0.4) is 0 Å². The number of aromatic nitrogens is 3. The lowest BCUT2D eigenvalue weighted by molar-refractivity contribution is 1.14. The molecule has 0 spiro atoms. The molecule has 0 aliphatic heterocycles. The van der Waals surface area contributed by atoms with Gasteiger partial charge in [-0.15, -0.1) is 0 Å². The van der Waals surface area contributed by atoms with Crippen LogP contribution in [0.15, 0.2) is 17.2 Å². The summed E-state index contributed by atoms with van der Waals surface area (Å²) in [6.45, 7) is 0. The van der Waals surface area contributed by atoms with E-state index in [0.717, 1.165) is 0 Å². The average molecular weight is 197 g/mol. The summed E-state index contributed by atoms with van der Waals surface area (Å²) in [4.78, 5) is 21.3. The summed E-state index contributed by atoms with van der Waals surface area (Å²) >= 11 is 5.69. The van der Waals surface area contributed by atoms with E-state index in [1.807, 2.05) is 0 Å². The highest BCUT2D eigenvalue weighted by atomic mass is 35.5. The Balaban J connectivity index is 2.97. The second-order valence-corrected chi connectivity index (χ2v) is 2.87. The predicted octanol–water partition coefficient (Wildman–Crippen LogP) is 0.554. The Kier molecular flexibility index (Phi) is 1.66. The zero-order chi connectivity index (χ0) is 9.42. The summed E-state index contributed by atoms with van der Waals surface area (Å²) < 4.78 is 0. The van der Waals surface area contributed by atoms with Crippen molar-refractivity contribution >= 4 is 28.5 Å². The Morgan fingerprint density at radius 1 is 1.54 bits per heavy atom. The Morgan fingerprint density at radius 2 is 2.31 bits per heavy atom. The van der Waals surface area contributed by atoms with E-state index in [0.29, 0.717) is 11.0 Å². The molecule has 0 aromatic carbocycles. The van der Waals surface area contributed by atoms with Gasteiger partial charge in [-0.3, -0.25) is 4.79 Å². The molecule has 0 amide bonds.